The summed E-state index contributed by atoms with van der Waals surface area (Å²) in [5.41, 5.74) is 6.52. The van der Waals surface area contributed by atoms with Gasteiger partial charge in [-0.15, -0.1) is 0 Å². The predicted molar refractivity (Wildman–Crippen MR) is 42.4 cm³/mol. The van der Waals surface area contributed by atoms with Gasteiger partial charge in [0.25, 0.3) is 0 Å². The van der Waals surface area contributed by atoms with Crippen LogP contribution in [0.25, 0.3) is 0 Å². The Bertz CT molecular complexity index is 197. The SMILES string of the molecule is C[C@H](N)c1nscc1Br. The lowest BCUT2D eigenvalue weighted by Crippen LogP contribution is -2.05. The van der Waals surface area contributed by atoms with Gasteiger partial charge in [-0.3, -0.25) is 0 Å². The summed E-state index contributed by atoms with van der Waals surface area (Å²) in [6, 6.07) is 0.0330. The first-order valence-electron chi connectivity index (χ1n) is 2.57. The van der Waals surface area contributed by atoms with Crippen molar-refractivity contribution < 1.29 is 0 Å². The molecule has 1 rings (SSSR count). The number of nitrogens with zero attached hydrogens (tertiary/aromatic N) is 1. The molecule has 0 aliphatic carbocycles. The highest BCUT2D eigenvalue weighted by atomic mass is 79.9. The predicted octanol–water partition coefficient (Wildman–Crippen LogP) is 1.93. The van der Waals surface area contributed by atoms with Crippen LogP contribution in [0.5, 0.6) is 0 Å². The highest BCUT2D eigenvalue weighted by Crippen LogP contribution is 2.21. The summed E-state index contributed by atoms with van der Waals surface area (Å²) in [6.07, 6.45) is 0. The molecule has 4 heteroatoms. The zero-order valence-electron chi connectivity index (χ0n) is 4.97. The van der Waals surface area contributed by atoms with Crippen molar-refractivity contribution in [1.82, 2.24) is 4.37 Å². The van der Waals surface area contributed by atoms with Gasteiger partial charge in [0.05, 0.1) is 10.2 Å². The average molecular weight is 207 g/mol. The smallest absolute Gasteiger partial charge is 0.0848 e. The van der Waals surface area contributed by atoms with Crippen molar-refractivity contribution in [1.29, 1.82) is 0 Å². The Morgan fingerprint density at radius 2 is 2.56 bits per heavy atom. The van der Waals surface area contributed by atoms with Crippen LogP contribution < -0.4 is 5.73 Å². The van der Waals surface area contributed by atoms with Crippen LogP contribution in [0.4, 0.5) is 0 Å². The lowest BCUT2D eigenvalue weighted by atomic mass is 10.3. The van der Waals surface area contributed by atoms with Crippen molar-refractivity contribution in [2.45, 2.75) is 13.0 Å². The minimum atomic E-state index is 0.0330. The van der Waals surface area contributed by atoms with Crippen molar-refractivity contribution in [2.75, 3.05) is 0 Å². The molecule has 0 amide bonds. The summed E-state index contributed by atoms with van der Waals surface area (Å²) in [4.78, 5) is 0. The van der Waals surface area contributed by atoms with E-state index in [2.05, 4.69) is 20.3 Å². The van der Waals surface area contributed by atoms with Gasteiger partial charge >= 0.3 is 0 Å². The molecule has 0 aliphatic heterocycles. The third-order valence-corrected chi connectivity index (χ3v) is 2.56. The molecule has 1 heterocycles. The summed E-state index contributed by atoms with van der Waals surface area (Å²) >= 11 is 4.75. The summed E-state index contributed by atoms with van der Waals surface area (Å²) in [5, 5.41) is 1.93. The van der Waals surface area contributed by atoms with Crippen LogP contribution >= 0.6 is 27.5 Å². The quantitative estimate of drug-likeness (QED) is 0.764. The minimum absolute atomic E-state index is 0.0330. The van der Waals surface area contributed by atoms with Crippen molar-refractivity contribution in [3.8, 4) is 0 Å². The van der Waals surface area contributed by atoms with Crippen molar-refractivity contribution >= 4 is 27.5 Å². The topological polar surface area (TPSA) is 38.9 Å². The summed E-state index contributed by atoms with van der Waals surface area (Å²) in [7, 11) is 0. The molecule has 50 valence electrons. The monoisotopic (exact) mass is 206 g/mol. The Balaban J connectivity index is 2.94. The Kier molecular flexibility index (Phi) is 2.21. The number of hydrogen-bond acceptors (Lipinski definition) is 3. The van der Waals surface area contributed by atoms with Gasteiger partial charge in [0.15, 0.2) is 0 Å². The van der Waals surface area contributed by atoms with E-state index in [0.29, 0.717) is 0 Å². The molecule has 0 unspecified atom stereocenters. The fourth-order valence-corrected chi connectivity index (χ4v) is 2.00. The molecular formula is C5H7BrN2S. The van der Waals surface area contributed by atoms with Crippen molar-refractivity contribution in [2.24, 2.45) is 5.73 Å². The molecule has 0 saturated heterocycles. The van der Waals surface area contributed by atoms with Crippen LogP contribution in [0.3, 0.4) is 0 Å². The van der Waals surface area contributed by atoms with E-state index in [4.69, 9.17) is 5.73 Å². The first-order valence-corrected chi connectivity index (χ1v) is 4.20. The maximum Gasteiger partial charge on any atom is 0.0848 e. The average Bonchev–Trinajstić information content (AvgIpc) is 2.13. The number of nitrogens with two attached hydrogens (primary N) is 1. The molecule has 1 atom stereocenters. The van der Waals surface area contributed by atoms with E-state index in [1.807, 2.05) is 12.3 Å². The second-order valence-corrected chi connectivity index (χ2v) is 3.32. The van der Waals surface area contributed by atoms with Crippen LogP contribution in [0, 0.1) is 0 Å². The molecule has 2 nitrogen and oxygen atoms in total. The van der Waals surface area contributed by atoms with Crippen molar-refractivity contribution in [3.63, 3.8) is 0 Å². The molecule has 2 N–H and O–H groups in total. The molecule has 0 bridgehead atoms. The van der Waals surface area contributed by atoms with Gasteiger partial charge in [0.1, 0.15) is 0 Å². The van der Waals surface area contributed by atoms with Crippen molar-refractivity contribution in [3.05, 3.63) is 15.5 Å². The molecule has 1 aromatic rings. The third-order valence-electron chi connectivity index (χ3n) is 0.983. The van der Waals surface area contributed by atoms with E-state index in [9.17, 15) is 0 Å². The molecular weight excluding hydrogens is 200 g/mol. The van der Waals surface area contributed by atoms with Gasteiger partial charge in [-0.1, -0.05) is 0 Å². The molecule has 0 spiro atoms. The van der Waals surface area contributed by atoms with Crippen LogP contribution in [0.15, 0.2) is 9.85 Å². The van der Waals surface area contributed by atoms with Gasteiger partial charge in [0.2, 0.25) is 0 Å². The number of halogens is 1. The summed E-state index contributed by atoms with van der Waals surface area (Å²) < 4.78 is 5.10. The van der Waals surface area contributed by atoms with E-state index in [1.54, 1.807) is 0 Å². The van der Waals surface area contributed by atoms with E-state index in [0.717, 1.165) is 10.2 Å². The number of rotatable bonds is 1. The Morgan fingerprint density at radius 1 is 1.89 bits per heavy atom. The van der Waals surface area contributed by atoms with E-state index >= 15 is 0 Å². The second-order valence-electron chi connectivity index (χ2n) is 1.84. The highest BCUT2D eigenvalue weighted by Gasteiger charge is 2.05. The van der Waals surface area contributed by atoms with Gasteiger partial charge in [-0.25, -0.2) is 0 Å². The van der Waals surface area contributed by atoms with Gasteiger partial charge in [0, 0.05) is 11.4 Å². The second kappa shape index (κ2) is 2.77. The maximum absolute atomic E-state index is 5.57. The Hall–Kier alpha value is 0.0700. The van der Waals surface area contributed by atoms with Gasteiger partial charge < -0.3 is 5.73 Å². The first-order chi connectivity index (χ1) is 4.22. The van der Waals surface area contributed by atoms with Gasteiger partial charge in [-0.2, -0.15) is 4.37 Å². The summed E-state index contributed by atoms with van der Waals surface area (Å²) in [5.74, 6) is 0. The minimum Gasteiger partial charge on any atom is -0.323 e. The standard InChI is InChI=1S/C5H7BrN2S/c1-3(7)5-4(6)2-9-8-5/h2-3H,7H2,1H3/t3-/m0/s1. The Morgan fingerprint density at radius 3 is 2.78 bits per heavy atom. The lowest BCUT2D eigenvalue weighted by molar-refractivity contribution is 0.791. The molecule has 0 fully saturated rings. The first kappa shape index (κ1) is 7.18. The fraction of sp³-hybridized carbons (Fsp3) is 0.400. The maximum atomic E-state index is 5.57. The molecule has 0 radical (unpaired) electrons. The molecule has 1 aromatic heterocycles. The van der Waals surface area contributed by atoms with Crippen LogP contribution in [-0.4, -0.2) is 4.37 Å². The Labute approximate surface area is 66.4 Å². The summed E-state index contributed by atoms with van der Waals surface area (Å²) in [6.45, 7) is 1.92. The zero-order valence-corrected chi connectivity index (χ0v) is 7.37. The highest BCUT2D eigenvalue weighted by molar-refractivity contribution is 9.10. The van der Waals surface area contributed by atoms with E-state index in [-0.39, 0.29) is 6.04 Å². The number of aromatic nitrogens is 1. The fourth-order valence-electron chi connectivity index (χ4n) is 0.534. The molecule has 0 aliphatic rings. The zero-order chi connectivity index (χ0) is 6.85. The van der Waals surface area contributed by atoms with Crippen LogP contribution in [-0.2, 0) is 0 Å². The molecule has 0 aromatic carbocycles. The number of hydrogen-bond donors (Lipinski definition) is 1. The molecule has 9 heavy (non-hydrogen) atoms. The van der Waals surface area contributed by atoms with Gasteiger partial charge in [-0.05, 0) is 34.4 Å². The van der Waals surface area contributed by atoms with Crippen LogP contribution in [0.2, 0.25) is 0 Å². The molecule has 0 saturated carbocycles. The van der Waals surface area contributed by atoms with E-state index in [1.165, 1.54) is 11.5 Å². The normalized spacial score (nSPS) is 13.7. The third kappa shape index (κ3) is 1.50. The largest absolute Gasteiger partial charge is 0.323 e. The lowest BCUT2D eigenvalue weighted by Gasteiger charge is -1.98. The van der Waals surface area contributed by atoms with Crippen LogP contribution in [0.1, 0.15) is 18.7 Å². The van der Waals surface area contributed by atoms with E-state index < -0.39 is 0 Å².